The van der Waals surface area contributed by atoms with Crippen LogP contribution in [0.3, 0.4) is 0 Å². The summed E-state index contributed by atoms with van der Waals surface area (Å²) in [5.74, 6) is 0. The number of benzene rings is 1. The van der Waals surface area contributed by atoms with Crippen molar-refractivity contribution in [3.63, 3.8) is 0 Å². The van der Waals surface area contributed by atoms with Crippen molar-refractivity contribution in [2.45, 2.75) is 33.2 Å². The largest absolute Gasteiger partial charge is 0.324 e. The number of aromatic nitrogens is 1. The maximum Gasteiger partial charge on any atom is 0.0897 e. The molecule has 0 aliphatic carbocycles. The van der Waals surface area contributed by atoms with Gasteiger partial charge in [0.05, 0.1) is 10.7 Å². The second kappa shape index (κ2) is 4.98. The molecule has 1 atom stereocenters. The molecule has 1 aromatic heterocycles. The molecule has 2 rings (SSSR count). The van der Waals surface area contributed by atoms with Gasteiger partial charge < -0.3 is 5.73 Å². The lowest BCUT2D eigenvalue weighted by Gasteiger charge is -2.14. The number of nitrogens with zero attached hydrogens (tertiary/aromatic N) is 1. The highest BCUT2D eigenvalue weighted by Crippen LogP contribution is 2.21. The van der Waals surface area contributed by atoms with E-state index in [0.717, 1.165) is 17.1 Å². The van der Waals surface area contributed by atoms with E-state index in [0.29, 0.717) is 0 Å². The maximum absolute atomic E-state index is 6.25. The van der Waals surface area contributed by atoms with E-state index in [-0.39, 0.29) is 6.04 Å². The average molecular weight is 246 g/mol. The average Bonchev–Trinajstić information content (AvgIpc) is 2.63. The second-order valence-electron chi connectivity index (χ2n) is 4.53. The van der Waals surface area contributed by atoms with Crippen molar-refractivity contribution < 1.29 is 0 Å². The molecule has 2 aromatic rings. The number of nitrogens with two attached hydrogens (primary N) is 1. The number of hydrogen-bond donors (Lipinski definition) is 1. The van der Waals surface area contributed by atoms with Crippen LogP contribution in [0.4, 0.5) is 0 Å². The summed E-state index contributed by atoms with van der Waals surface area (Å²) in [6.07, 6.45) is 0.814. The molecule has 0 spiro atoms. The van der Waals surface area contributed by atoms with Gasteiger partial charge in [-0.1, -0.05) is 23.8 Å². The van der Waals surface area contributed by atoms with Crippen LogP contribution in [0.2, 0.25) is 0 Å². The van der Waals surface area contributed by atoms with Crippen molar-refractivity contribution in [2.75, 3.05) is 0 Å². The van der Waals surface area contributed by atoms with E-state index in [1.807, 2.05) is 6.92 Å². The first-order chi connectivity index (χ1) is 8.06. The smallest absolute Gasteiger partial charge is 0.0897 e. The number of hydrogen-bond acceptors (Lipinski definition) is 3. The minimum Gasteiger partial charge on any atom is -0.324 e. The van der Waals surface area contributed by atoms with E-state index >= 15 is 0 Å². The summed E-state index contributed by atoms with van der Waals surface area (Å²) in [5, 5.41) is 3.20. The second-order valence-corrected chi connectivity index (χ2v) is 5.59. The van der Waals surface area contributed by atoms with Crippen molar-refractivity contribution in [2.24, 2.45) is 5.73 Å². The zero-order valence-corrected chi connectivity index (χ0v) is 11.3. The molecule has 3 heteroatoms. The van der Waals surface area contributed by atoms with E-state index in [1.54, 1.807) is 11.3 Å². The van der Waals surface area contributed by atoms with Crippen LogP contribution in [-0.2, 0) is 6.42 Å². The van der Waals surface area contributed by atoms with Crippen LogP contribution in [0.5, 0.6) is 0 Å². The van der Waals surface area contributed by atoms with E-state index < -0.39 is 0 Å². The summed E-state index contributed by atoms with van der Waals surface area (Å²) in [6, 6.07) is 6.47. The normalized spacial score (nSPS) is 12.7. The summed E-state index contributed by atoms with van der Waals surface area (Å²) in [6.45, 7) is 6.25. The molecule has 1 heterocycles. The quantitative estimate of drug-likeness (QED) is 0.902. The van der Waals surface area contributed by atoms with Gasteiger partial charge in [-0.2, -0.15) is 0 Å². The zero-order chi connectivity index (χ0) is 12.4. The summed E-state index contributed by atoms with van der Waals surface area (Å²) in [7, 11) is 0. The molecule has 1 unspecified atom stereocenters. The molecule has 0 bridgehead atoms. The predicted molar refractivity (Wildman–Crippen MR) is 73.4 cm³/mol. The predicted octanol–water partition coefficient (Wildman–Crippen LogP) is 3.31. The van der Waals surface area contributed by atoms with Gasteiger partial charge in [0.25, 0.3) is 0 Å². The van der Waals surface area contributed by atoms with Crippen LogP contribution in [0.1, 0.15) is 33.4 Å². The summed E-state index contributed by atoms with van der Waals surface area (Å²) in [5.41, 5.74) is 11.1. The molecule has 2 N–H and O–H groups in total. The molecule has 0 amide bonds. The van der Waals surface area contributed by atoms with Crippen LogP contribution in [-0.4, -0.2) is 4.98 Å². The third-order valence-electron chi connectivity index (χ3n) is 2.92. The summed E-state index contributed by atoms with van der Waals surface area (Å²) >= 11 is 1.68. The molecule has 0 saturated carbocycles. The van der Waals surface area contributed by atoms with Gasteiger partial charge >= 0.3 is 0 Å². The van der Waals surface area contributed by atoms with Crippen molar-refractivity contribution in [1.82, 2.24) is 4.98 Å². The van der Waals surface area contributed by atoms with Crippen molar-refractivity contribution in [3.05, 3.63) is 51.0 Å². The Kier molecular flexibility index (Phi) is 3.60. The molecular weight excluding hydrogens is 228 g/mol. The maximum atomic E-state index is 6.25. The molecule has 90 valence electrons. The fraction of sp³-hybridized carbons (Fsp3) is 0.357. The molecule has 17 heavy (non-hydrogen) atoms. The topological polar surface area (TPSA) is 38.9 Å². The lowest BCUT2D eigenvalue weighted by molar-refractivity contribution is 0.704. The van der Waals surface area contributed by atoms with Crippen LogP contribution in [0.25, 0.3) is 0 Å². The fourth-order valence-electron chi connectivity index (χ4n) is 2.08. The molecule has 0 aliphatic rings. The Labute approximate surface area is 107 Å². The highest BCUT2D eigenvalue weighted by Gasteiger charge is 2.11. The van der Waals surface area contributed by atoms with E-state index in [9.17, 15) is 0 Å². The minimum atomic E-state index is 0.0390. The number of aryl methyl sites for hydroxylation is 3. The first-order valence-corrected chi connectivity index (χ1v) is 6.68. The Morgan fingerprint density at radius 1 is 1.29 bits per heavy atom. The third-order valence-corrected chi connectivity index (χ3v) is 3.74. The molecule has 0 fully saturated rings. The Bertz CT molecular complexity index is 517. The van der Waals surface area contributed by atoms with Crippen molar-refractivity contribution in [3.8, 4) is 0 Å². The summed E-state index contributed by atoms with van der Waals surface area (Å²) < 4.78 is 0. The molecule has 0 aliphatic heterocycles. The lowest BCUT2D eigenvalue weighted by Crippen LogP contribution is -2.15. The highest BCUT2D eigenvalue weighted by molar-refractivity contribution is 7.09. The van der Waals surface area contributed by atoms with Gasteiger partial charge in [0.1, 0.15) is 0 Å². The van der Waals surface area contributed by atoms with Crippen LogP contribution in [0.15, 0.2) is 23.6 Å². The molecule has 0 saturated heterocycles. The van der Waals surface area contributed by atoms with E-state index in [1.165, 1.54) is 16.7 Å². The van der Waals surface area contributed by atoms with Crippen LogP contribution < -0.4 is 5.73 Å². The Morgan fingerprint density at radius 3 is 2.65 bits per heavy atom. The van der Waals surface area contributed by atoms with Gasteiger partial charge in [-0.05, 0) is 31.9 Å². The van der Waals surface area contributed by atoms with Crippen LogP contribution >= 0.6 is 11.3 Å². The van der Waals surface area contributed by atoms with Crippen molar-refractivity contribution >= 4 is 11.3 Å². The van der Waals surface area contributed by atoms with Gasteiger partial charge in [-0.15, -0.1) is 11.3 Å². The van der Waals surface area contributed by atoms with Gasteiger partial charge in [0.15, 0.2) is 0 Å². The van der Waals surface area contributed by atoms with Crippen LogP contribution in [0, 0.1) is 20.8 Å². The Morgan fingerprint density at radius 2 is 2.06 bits per heavy atom. The van der Waals surface area contributed by atoms with Gasteiger partial charge in [-0.3, -0.25) is 0 Å². The highest BCUT2D eigenvalue weighted by atomic mass is 32.1. The third kappa shape index (κ3) is 2.93. The molecule has 2 nitrogen and oxygen atoms in total. The van der Waals surface area contributed by atoms with E-state index in [2.05, 4.69) is 42.4 Å². The number of thiazole rings is 1. The Hall–Kier alpha value is -1.19. The Balaban J connectivity index is 2.17. The van der Waals surface area contributed by atoms with Gasteiger partial charge in [-0.25, -0.2) is 4.98 Å². The van der Waals surface area contributed by atoms with E-state index in [4.69, 9.17) is 5.73 Å². The fourth-order valence-corrected chi connectivity index (χ4v) is 2.70. The standard InChI is InChI=1S/C14H18N2S/c1-9-4-5-13(10(2)6-9)14(15)7-12-8-17-11(3)16-12/h4-6,8,14H,7,15H2,1-3H3. The molecule has 0 radical (unpaired) electrons. The number of rotatable bonds is 3. The first-order valence-electron chi connectivity index (χ1n) is 5.80. The molecule has 1 aromatic carbocycles. The van der Waals surface area contributed by atoms with Gasteiger partial charge in [0.2, 0.25) is 0 Å². The lowest BCUT2D eigenvalue weighted by atomic mass is 9.97. The monoisotopic (exact) mass is 246 g/mol. The minimum absolute atomic E-state index is 0.0390. The first kappa shape index (κ1) is 12.3. The van der Waals surface area contributed by atoms with Crippen molar-refractivity contribution in [1.29, 1.82) is 0 Å². The zero-order valence-electron chi connectivity index (χ0n) is 10.5. The molecular formula is C14H18N2S. The van der Waals surface area contributed by atoms with Gasteiger partial charge in [0, 0.05) is 17.8 Å². The summed E-state index contributed by atoms with van der Waals surface area (Å²) in [4.78, 5) is 4.46. The SMILES string of the molecule is Cc1ccc(C(N)Cc2csc(C)n2)c(C)c1.